The molecule has 0 unspecified atom stereocenters. The largest absolute Gasteiger partial charge is 0.495 e. The lowest BCUT2D eigenvalue weighted by Crippen LogP contribution is -2.22. The molecule has 1 aromatic heterocycles. The molecule has 0 aliphatic heterocycles. The monoisotopic (exact) mass is 276 g/mol. The normalized spacial score (nSPS) is 10.0. The summed E-state index contributed by atoms with van der Waals surface area (Å²) in [6.45, 7) is 0.449. The summed E-state index contributed by atoms with van der Waals surface area (Å²) in [4.78, 5) is 15.9. The number of methoxy groups -OCH3 is 1. The summed E-state index contributed by atoms with van der Waals surface area (Å²) in [5, 5.41) is 3.23. The van der Waals surface area contributed by atoms with E-state index >= 15 is 0 Å². The Morgan fingerprint density at radius 2 is 2.05 bits per heavy atom. The van der Waals surface area contributed by atoms with Crippen molar-refractivity contribution in [3.05, 3.63) is 58.9 Å². The zero-order valence-corrected chi connectivity index (χ0v) is 11.1. The number of rotatable bonds is 4. The van der Waals surface area contributed by atoms with E-state index < -0.39 is 0 Å². The van der Waals surface area contributed by atoms with E-state index in [1.807, 2.05) is 12.1 Å². The van der Waals surface area contributed by atoms with Gasteiger partial charge in [0.15, 0.2) is 0 Å². The number of benzene rings is 1. The second kappa shape index (κ2) is 6.20. The van der Waals surface area contributed by atoms with E-state index in [2.05, 4.69) is 10.3 Å². The summed E-state index contributed by atoms with van der Waals surface area (Å²) in [5.41, 5.74) is 1.49. The van der Waals surface area contributed by atoms with Crippen LogP contribution >= 0.6 is 11.6 Å². The number of nitrogens with zero attached hydrogens (tertiary/aromatic N) is 1. The molecule has 19 heavy (non-hydrogen) atoms. The average molecular weight is 277 g/mol. The van der Waals surface area contributed by atoms with Crippen LogP contribution in [0.25, 0.3) is 0 Å². The number of aromatic nitrogens is 1. The Morgan fingerprint density at radius 3 is 2.68 bits per heavy atom. The van der Waals surface area contributed by atoms with Crippen LogP contribution < -0.4 is 10.1 Å². The van der Waals surface area contributed by atoms with Crippen LogP contribution in [-0.2, 0) is 6.54 Å². The van der Waals surface area contributed by atoms with Crippen molar-refractivity contribution in [3.8, 4) is 5.75 Å². The molecule has 1 amide bonds. The van der Waals surface area contributed by atoms with Crippen molar-refractivity contribution < 1.29 is 9.53 Å². The Hall–Kier alpha value is -2.07. The van der Waals surface area contributed by atoms with Gasteiger partial charge in [0.25, 0.3) is 5.91 Å². The molecule has 1 N–H and O–H groups in total. The zero-order chi connectivity index (χ0) is 13.7. The third-order valence-electron chi connectivity index (χ3n) is 2.62. The summed E-state index contributed by atoms with van der Waals surface area (Å²) in [7, 11) is 1.53. The van der Waals surface area contributed by atoms with Gasteiger partial charge in [-0.25, -0.2) is 0 Å². The Bertz CT molecular complexity index is 573. The summed E-state index contributed by atoms with van der Waals surface area (Å²) in [5.74, 6) is 0.369. The van der Waals surface area contributed by atoms with Crippen LogP contribution in [0, 0.1) is 0 Å². The lowest BCUT2D eigenvalue weighted by Gasteiger charge is -2.07. The molecule has 98 valence electrons. The van der Waals surface area contributed by atoms with Crippen LogP contribution in [-0.4, -0.2) is 18.0 Å². The van der Waals surface area contributed by atoms with Crippen molar-refractivity contribution in [2.45, 2.75) is 6.54 Å². The molecule has 1 aromatic carbocycles. The Labute approximate surface area is 116 Å². The van der Waals surface area contributed by atoms with Gasteiger partial charge >= 0.3 is 0 Å². The van der Waals surface area contributed by atoms with Gasteiger partial charge in [0.1, 0.15) is 5.75 Å². The molecule has 0 aliphatic rings. The molecule has 0 bridgehead atoms. The summed E-state index contributed by atoms with van der Waals surface area (Å²) < 4.78 is 5.04. The number of hydrogen-bond acceptors (Lipinski definition) is 3. The first-order chi connectivity index (χ1) is 9.20. The standard InChI is InChI=1S/C14H13ClN2O2/c1-19-13-3-2-11(8-12(13)15)14(18)17-9-10-4-6-16-7-5-10/h2-8H,9H2,1H3,(H,17,18). The van der Waals surface area contributed by atoms with Crippen LogP contribution in [0.3, 0.4) is 0 Å². The van der Waals surface area contributed by atoms with Crippen molar-refractivity contribution in [1.82, 2.24) is 10.3 Å². The van der Waals surface area contributed by atoms with Crippen molar-refractivity contribution in [1.29, 1.82) is 0 Å². The van der Waals surface area contributed by atoms with Crippen LogP contribution in [0.2, 0.25) is 5.02 Å². The first kappa shape index (κ1) is 13.4. The highest BCUT2D eigenvalue weighted by Gasteiger charge is 2.08. The molecular formula is C14H13ClN2O2. The first-order valence-corrected chi connectivity index (χ1v) is 6.09. The topological polar surface area (TPSA) is 51.2 Å². The lowest BCUT2D eigenvalue weighted by atomic mass is 10.2. The van der Waals surface area contributed by atoms with Gasteiger partial charge in [-0.2, -0.15) is 0 Å². The molecule has 0 atom stereocenters. The highest BCUT2D eigenvalue weighted by Crippen LogP contribution is 2.24. The maximum absolute atomic E-state index is 11.9. The minimum absolute atomic E-state index is 0.179. The van der Waals surface area contributed by atoms with E-state index in [1.165, 1.54) is 7.11 Å². The van der Waals surface area contributed by atoms with Gasteiger partial charge in [0, 0.05) is 24.5 Å². The quantitative estimate of drug-likeness (QED) is 0.934. The van der Waals surface area contributed by atoms with Crippen LogP contribution in [0.5, 0.6) is 5.75 Å². The maximum atomic E-state index is 11.9. The second-order valence-corrected chi connectivity index (χ2v) is 4.29. The molecule has 2 aromatic rings. The van der Waals surface area contributed by atoms with Gasteiger partial charge in [-0.15, -0.1) is 0 Å². The van der Waals surface area contributed by atoms with E-state index in [-0.39, 0.29) is 5.91 Å². The van der Waals surface area contributed by atoms with E-state index in [1.54, 1.807) is 30.6 Å². The minimum atomic E-state index is -0.179. The summed E-state index contributed by atoms with van der Waals surface area (Å²) >= 11 is 5.98. The molecule has 0 aliphatic carbocycles. The maximum Gasteiger partial charge on any atom is 0.251 e. The van der Waals surface area contributed by atoms with Gasteiger partial charge in [-0.05, 0) is 35.9 Å². The zero-order valence-electron chi connectivity index (χ0n) is 10.4. The van der Waals surface area contributed by atoms with Gasteiger partial charge in [-0.1, -0.05) is 11.6 Å². The van der Waals surface area contributed by atoms with Gasteiger partial charge in [0.05, 0.1) is 12.1 Å². The fourth-order valence-electron chi connectivity index (χ4n) is 1.59. The van der Waals surface area contributed by atoms with Gasteiger partial charge < -0.3 is 10.1 Å². The predicted octanol–water partition coefficient (Wildman–Crippen LogP) is 2.67. The average Bonchev–Trinajstić information content (AvgIpc) is 2.45. The molecular weight excluding hydrogens is 264 g/mol. The van der Waals surface area contributed by atoms with Crippen molar-refractivity contribution in [3.63, 3.8) is 0 Å². The Morgan fingerprint density at radius 1 is 1.32 bits per heavy atom. The number of pyridine rings is 1. The predicted molar refractivity (Wildman–Crippen MR) is 73.4 cm³/mol. The molecule has 4 nitrogen and oxygen atoms in total. The molecule has 0 saturated heterocycles. The molecule has 0 saturated carbocycles. The number of nitrogens with one attached hydrogen (secondary N) is 1. The smallest absolute Gasteiger partial charge is 0.251 e. The van der Waals surface area contributed by atoms with E-state index in [4.69, 9.17) is 16.3 Å². The number of ether oxygens (including phenoxy) is 1. The molecule has 0 fully saturated rings. The van der Waals surface area contributed by atoms with E-state index in [9.17, 15) is 4.79 Å². The van der Waals surface area contributed by atoms with Crippen LogP contribution in [0.1, 0.15) is 15.9 Å². The van der Waals surface area contributed by atoms with Crippen LogP contribution in [0.15, 0.2) is 42.7 Å². The number of carbonyl (C=O) groups is 1. The highest BCUT2D eigenvalue weighted by molar-refractivity contribution is 6.32. The van der Waals surface area contributed by atoms with Gasteiger partial charge in [0.2, 0.25) is 0 Å². The van der Waals surface area contributed by atoms with Crippen molar-refractivity contribution >= 4 is 17.5 Å². The molecule has 1 heterocycles. The fraction of sp³-hybridized carbons (Fsp3) is 0.143. The van der Waals surface area contributed by atoms with Crippen molar-refractivity contribution in [2.75, 3.05) is 7.11 Å². The number of hydrogen-bond donors (Lipinski definition) is 1. The third kappa shape index (κ3) is 3.45. The summed E-state index contributed by atoms with van der Waals surface area (Å²) in [6.07, 6.45) is 3.37. The van der Waals surface area contributed by atoms with Gasteiger partial charge in [-0.3, -0.25) is 9.78 Å². The number of amides is 1. The van der Waals surface area contributed by atoms with Crippen molar-refractivity contribution in [2.24, 2.45) is 0 Å². The molecule has 0 radical (unpaired) electrons. The van der Waals surface area contributed by atoms with E-state index in [0.717, 1.165) is 5.56 Å². The first-order valence-electron chi connectivity index (χ1n) is 5.71. The Kier molecular flexibility index (Phi) is 4.36. The fourth-order valence-corrected chi connectivity index (χ4v) is 1.85. The number of halogens is 1. The van der Waals surface area contributed by atoms with Crippen LogP contribution in [0.4, 0.5) is 0 Å². The molecule has 0 spiro atoms. The SMILES string of the molecule is COc1ccc(C(=O)NCc2ccncc2)cc1Cl. The molecule has 5 heteroatoms. The second-order valence-electron chi connectivity index (χ2n) is 3.89. The Balaban J connectivity index is 2.02. The lowest BCUT2D eigenvalue weighted by molar-refractivity contribution is 0.0951. The highest BCUT2D eigenvalue weighted by atomic mass is 35.5. The summed E-state index contributed by atoms with van der Waals surface area (Å²) in [6, 6.07) is 8.63. The third-order valence-corrected chi connectivity index (χ3v) is 2.91. The van der Waals surface area contributed by atoms with E-state index in [0.29, 0.717) is 22.9 Å². The minimum Gasteiger partial charge on any atom is -0.495 e. The molecule has 2 rings (SSSR count). The number of carbonyl (C=O) groups excluding carboxylic acids is 1.